The summed E-state index contributed by atoms with van der Waals surface area (Å²) in [6.45, 7) is 11.4. The van der Waals surface area contributed by atoms with Crippen LogP contribution in [0.15, 0.2) is 12.1 Å². The van der Waals surface area contributed by atoms with Crippen molar-refractivity contribution in [3.8, 4) is 11.5 Å². The van der Waals surface area contributed by atoms with Gasteiger partial charge in [-0.25, -0.2) is 0 Å². The highest BCUT2D eigenvalue weighted by molar-refractivity contribution is 5.54. The zero-order valence-electron chi connectivity index (χ0n) is 16.0. The lowest BCUT2D eigenvalue weighted by Crippen LogP contribution is -2.45. The van der Waals surface area contributed by atoms with E-state index in [9.17, 15) is 5.11 Å². The number of hydrogen-bond acceptors (Lipinski definition) is 3. The van der Waals surface area contributed by atoms with Gasteiger partial charge in [-0.2, -0.15) is 0 Å². The van der Waals surface area contributed by atoms with Crippen LogP contribution in [0.2, 0.25) is 0 Å². The second-order valence-electron chi connectivity index (χ2n) is 8.86. The number of methoxy groups -OCH3 is 1. The van der Waals surface area contributed by atoms with Crippen LogP contribution in [0.25, 0.3) is 0 Å². The fourth-order valence-electron chi connectivity index (χ4n) is 5.26. The minimum Gasteiger partial charge on any atom is -0.508 e. The Morgan fingerprint density at radius 1 is 1.21 bits per heavy atom. The molecule has 0 aromatic heterocycles. The highest BCUT2D eigenvalue weighted by Crippen LogP contribution is 2.58. The molecule has 1 aliphatic heterocycles. The average molecular weight is 332 g/mol. The van der Waals surface area contributed by atoms with Crippen molar-refractivity contribution in [2.45, 2.75) is 77.9 Å². The summed E-state index contributed by atoms with van der Waals surface area (Å²) >= 11 is 0. The smallest absolute Gasteiger partial charge is 0.199 e. The fraction of sp³-hybridized carbons (Fsp3) is 0.714. The number of rotatable bonds is 2. The number of benzene rings is 1. The molecular weight excluding hydrogens is 300 g/mol. The monoisotopic (exact) mass is 332 g/mol. The van der Waals surface area contributed by atoms with Crippen LogP contribution in [0, 0.1) is 11.3 Å². The van der Waals surface area contributed by atoms with Crippen LogP contribution in [0.1, 0.15) is 77.3 Å². The van der Waals surface area contributed by atoms with Gasteiger partial charge in [0.25, 0.3) is 0 Å². The third-order valence-electron chi connectivity index (χ3n) is 6.54. The molecule has 0 spiro atoms. The Kier molecular flexibility index (Phi) is 4.36. The molecule has 3 atom stereocenters. The highest BCUT2D eigenvalue weighted by Gasteiger charge is 2.51. The molecule has 0 radical (unpaired) electrons. The Hall–Kier alpha value is -1.22. The third-order valence-corrected chi connectivity index (χ3v) is 6.54. The van der Waals surface area contributed by atoms with Gasteiger partial charge in [0.15, 0.2) is 6.29 Å². The number of fused-ring (bicyclic) bond motifs is 3. The Bertz CT molecular complexity index is 620. The second-order valence-corrected chi connectivity index (χ2v) is 8.86. The van der Waals surface area contributed by atoms with Crippen molar-refractivity contribution >= 4 is 0 Å². The number of phenols is 1. The van der Waals surface area contributed by atoms with Gasteiger partial charge in [-0.15, -0.1) is 0 Å². The predicted molar refractivity (Wildman–Crippen MR) is 96.7 cm³/mol. The summed E-state index contributed by atoms with van der Waals surface area (Å²) in [4.78, 5) is 0. The van der Waals surface area contributed by atoms with Gasteiger partial charge in [0.1, 0.15) is 11.5 Å². The van der Waals surface area contributed by atoms with E-state index in [2.05, 4.69) is 40.7 Å². The first-order valence-corrected chi connectivity index (χ1v) is 9.26. The van der Waals surface area contributed by atoms with Crippen molar-refractivity contribution in [1.29, 1.82) is 0 Å². The van der Waals surface area contributed by atoms with Crippen molar-refractivity contribution in [2.75, 3.05) is 7.11 Å². The van der Waals surface area contributed by atoms with Crippen LogP contribution in [-0.2, 0) is 10.2 Å². The first-order chi connectivity index (χ1) is 11.2. The van der Waals surface area contributed by atoms with Gasteiger partial charge in [-0.05, 0) is 41.6 Å². The minimum atomic E-state index is -0.257. The maximum Gasteiger partial charge on any atom is 0.199 e. The summed E-state index contributed by atoms with van der Waals surface area (Å²) in [6, 6.07) is 3.94. The van der Waals surface area contributed by atoms with Crippen molar-refractivity contribution in [3.63, 3.8) is 0 Å². The standard InChI is InChI=1S/C21H32O3/c1-13(2)18-15(22)9-8-14-19(18)24-17(23-6)12-16-20(3,4)10-7-11-21(14,16)5/h8-9,13,16-17,22H,7,10-12H2,1-6H3/t16-,17?,21+/m0/s1. The predicted octanol–water partition coefficient (Wildman–Crippen LogP) is 5.35. The third kappa shape index (κ3) is 2.61. The molecule has 134 valence electrons. The molecule has 1 aliphatic carbocycles. The molecule has 0 bridgehead atoms. The lowest BCUT2D eigenvalue weighted by Gasteiger charge is -2.50. The minimum absolute atomic E-state index is 0.0572. The Balaban J connectivity index is 2.24. The molecule has 1 unspecified atom stereocenters. The Morgan fingerprint density at radius 2 is 1.92 bits per heavy atom. The van der Waals surface area contributed by atoms with Gasteiger partial charge in [0.2, 0.25) is 0 Å². The lowest BCUT2D eigenvalue weighted by atomic mass is 9.53. The number of ether oxygens (including phenoxy) is 2. The van der Waals surface area contributed by atoms with Crippen LogP contribution in [-0.4, -0.2) is 18.5 Å². The maximum absolute atomic E-state index is 10.4. The molecule has 0 saturated heterocycles. The summed E-state index contributed by atoms with van der Waals surface area (Å²) in [5, 5.41) is 10.4. The molecule has 3 rings (SSSR count). The normalized spacial score (nSPS) is 31.8. The summed E-state index contributed by atoms with van der Waals surface area (Å²) in [5.74, 6) is 1.89. The van der Waals surface area contributed by atoms with Gasteiger partial charge in [0, 0.05) is 24.7 Å². The largest absolute Gasteiger partial charge is 0.508 e. The van der Waals surface area contributed by atoms with Gasteiger partial charge in [0.05, 0.1) is 0 Å². The van der Waals surface area contributed by atoms with E-state index in [0.717, 1.165) is 24.2 Å². The molecule has 1 saturated carbocycles. The highest BCUT2D eigenvalue weighted by atomic mass is 16.7. The Morgan fingerprint density at radius 3 is 2.54 bits per heavy atom. The van der Waals surface area contributed by atoms with Crippen molar-refractivity contribution in [2.24, 2.45) is 11.3 Å². The van der Waals surface area contributed by atoms with E-state index in [-0.39, 0.29) is 23.0 Å². The van der Waals surface area contributed by atoms with Gasteiger partial charge < -0.3 is 14.6 Å². The molecule has 3 heteroatoms. The van der Waals surface area contributed by atoms with Crippen LogP contribution >= 0.6 is 0 Å². The Labute approximate surface area is 146 Å². The molecule has 2 aliphatic rings. The molecule has 1 heterocycles. The van der Waals surface area contributed by atoms with E-state index in [0.29, 0.717) is 11.7 Å². The van der Waals surface area contributed by atoms with E-state index < -0.39 is 0 Å². The van der Waals surface area contributed by atoms with E-state index >= 15 is 0 Å². The van der Waals surface area contributed by atoms with Gasteiger partial charge in [-0.3, -0.25) is 0 Å². The van der Waals surface area contributed by atoms with Crippen LogP contribution in [0.5, 0.6) is 11.5 Å². The van der Waals surface area contributed by atoms with Gasteiger partial charge >= 0.3 is 0 Å². The first-order valence-electron chi connectivity index (χ1n) is 9.26. The van der Waals surface area contributed by atoms with Crippen LogP contribution in [0.4, 0.5) is 0 Å². The summed E-state index contributed by atoms with van der Waals surface area (Å²) < 4.78 is 12.0. The molecule has 1 fully saturated rings. The molecule has 1 aromatic carbocycles. The van der Waals surface area contributed by atoms with E-state index in [1.807, 2.05) is 6.07 Å². The number of hydrogen-bond donors (Lipinski definition) is 1. The summed E-state index contributed by atoms with van der Waals surface area (Å²) in [5.41, 5.74) is 2.48. The average Bonchev–Trinajstić information content (AvgIpc) is 2.61. The van der Waals surface area contributed by atoms with Crippen LogP contribution < -0.4 is 4.74 Å². The molecule has 1 N–H and O–H groups in total. The lowest BCUT2D eigenvalue weighted by molar-refractivity contribution is -0.0857. The van der Waals surface area contributed by atoms with E-state index in [1.54, 1.807) is 7.11 Å². The van der Waals surface area contributed by atoms with Crippen molar-refractivity contribution in [3.05, 3.63) is 23.3 Å². The molecule has 24 heavy (non-hydrogen) atoms. The fourth-order valence-corrected chi connectivity index (χ4v) is 5.26. The van der Waals surface area contributed by atoms with Gasteiger partial charge in [-0.1, -0.05) is 47.1 Å². The quantitative estimate of drug-likeness (QED) is 0.793. The molecule has 1 aromatic rings. The topological polar surface area (TPSA) is 38.7 Å². The zero-order chi connectivity index (χ0) is 17.7. The first kappa shape index (κ1) is 17.6. The zero-order valence-corrected chi connectivity index (χ0v) is 16.0. The molecule has 3 nitrogen and oxygen atoms in total. The summed E-state index contributed by atoms with van der Waals surface area (Å²) in [6.07, 6.45) is 4.28. The van der Waals surface area contributed by atoms with Crippen molar-refractivity contribution in [1.82, 2.24) is 0 Å². The maximum atomic E-state index is 10.4. The SMILES string of the molecule is COC1C[C@H]2C(C)(C)CCC[C@]2(C)c2ccc(O)c(C(C)C)c2O1. The van der Waals surface area contributed by atoms with E-state index in [4.69, 9.17) is 9.47 Å². The van der Waals surface area contributed by atoms with E-state index in [1.165, 1.54) is 18.4 Å². The second kappa shape index (κ2) is 5.94. The van der Waals surface area contributed by atoms with Crippen molar-refractivity contribution < 1.29 is 14.6 Å². The molecule has 0 amide bonds. The number of phenolic OH excluding ortho intramolecular Hbond substituents is 1. The summed E-state index contributed by atoms with van der Waals surface area (Å²) in [7, 11) is 1.72. The molecular formula is C21H32O3. The van der Waals surface area contributed by atoms with Crippen LogP contribution in [0.3, 0.4) is 0 Å². The number of aromatic hydroxyl groups is 1.